The first-order chi connectivity index (χ1) is 12.5. The molecule has 0 heterocycles. The van der Waals surface area contributed by atoms with E-state index in [4.69, 9.17) is 9.47 Å². The minimum absolute atomic E-state index is 0.0873. The number of anilines is 1. The number of hydrogen-bond donors (Lipinski definition) is 1. The molecule has 2 rings (SSSR count). The predicted octanol–water partition coefficient (Wildman–Crippen LogP) is 4.64. The van der Waals surface area contributed by atoms with Gasteiger partial charge in [-0.1, -0.05) is 13.0 Å². The smallest absolute Gasteiger partial charge is 0.271 e. The van der Waals surface area contributed by atoms with E-state index < -0.39 is 4.92 Å². The summed E-state index contributed by atoms with van der Waals surface area (Å²) >= 11 is 2.10. The van der Waals surface area contributed by atoms with Crippen LogP contribution in [-0.4, -0.2) is 24.0 Å². The lowest BCUT2D eigenvalue weighted by molar-refractivity contribution is -0.384. The van der Waals surface area contributed by atoms with E-state index in [0.29, 0.717) is 36.0 Å². The molecular weight excluding hydrogens is 451 g/mol. The molecule has 0 aliphatic heterocycles. The van der Waals surface area contributed by atoms with Gasteiger partial charge in [-0.3, -0.25) is 14.9 Å². The molecule has 0 saturated carbocycles. The summed E-state index contributed by atoms with van der Waals surface area (Å²) in [6.07, 6.45) is 0.858. The van der Waals surface area contributed by atoms with Crippen molar-refractivity contribution in [3.8, 4) is 11.5 Å². The number of carbonyl (C=O) groups is 1. The van der Waals surface area contributed by atoms with Gasteiger partial charge in [0.25, 0.3) is 11.6 Å². The first-order valence-corrected chi connectivity index (χ1v) is 9.19. The van der Waals surface area contributed by atoms with E-state index in [2.05, 4.69) is 27.9 Å². The lowest BCUT2D eigenvalue weighted by Gasteiger charge is -2.15. The molecule has 0 atom stereocenters. The fraction of sp³-hybridized carbons (Fsp3) is 0.278. The Morgan fingerprint density at radius 1 is 1.23 bits per heavy atom. The quantitative estimate of drug-likeness (QED) is 0.345. The molecule has 1 amide bonds. The molecule has 2 aromatic rings. The van der Waals surface area contributed by atoms with Crippen molar-refractivity contribution in [1.29, 1.82) is 0 Å². The van der Waals surface area contributed by atoms with Gasteiger partial charge in [0.15, 0.2) is 11.5 Å². The number of nitro groups is 1. The van der Waals surface area contributed by atoms with Crippen molar-refractivity contribution in [3.05, 3.63) is 55.6 Å². The Kier molecular flexibility index (Phi) is 7.19. The highest BCUT2D eigenvalue weighted by Crippen LogP contribution is 2.34. The van der Waals surface area contributed by atoms with Crippen molar-refractivity contribution in [2.45, 2.75) is 20.3 Å². The second-order valence-electron chi connectivity index (χ2n) is 5.33. The SMILES string of the molecule is CCCOc1c(I)cc(C(=O)Nc2cccc([N+](=O)[O-])c2)cc1OCC. The molecule has 0 aliphatic carbocycles. The number of rotatable bonds is 8. The fourth-order valence-electron chi connectivity index (χ4n) is 2.21. The van der Waals surface area contributed by atoms with Crippen LogP contribution < -0.4 is 14.8 Å². The van der Waals surface area contributed by atoms with Gasteiger partial charge < -0.3 is 14.8 Å². The number of carbonyl (C=O) groups excluding carboxylic acids is 1. The van der Waals surface area contributed by atoms with E-state index in [1.807, 2.05) is 13.8 Å². The summed E-state index contributed by atoms with van der Waals surface area (Å²) in [6.45, 7) is 4.85. The molecule has 1 N–H and O–H groups in total. The number of benzene rings is 2. The average molecular weight is 470 g/mol. The van der Waals surface area contributed by atoms with Crippen molar-refractivity contribution >= 4 is 39.9 Å². The lowest BCUT2D eigenvalue weighted by Crippen LogP contribution is -2.13. The molecule has 0 unspecified atom stereocenters. The van der Waals surface area contributed by atoms with Crippen molar-refractivity contribution < 1.29 is 19.2 Å². The third-order valence-corrected chi connectivity index (χ3v) is 4.14. The topological polar surface area (TPSA) is 90.7 Å². The van der Waals surface area contributed by atoms with E-state index in [-0.39, 0.29) is 11.6 Å². The highest BCUT2D eigenvalue weighted by atomic mass is 127. The van der Waals surface area contributed by atoms with Gasteiger partial charge in [-0.2, -0.15) is 0 Å². The van der Waals surface area contributed by atoms with Crippen LogP contribution in [0.2, 0.25) is 0 Å². The third kappa shape index (κ3) is 5.07. The molecule has 0 saturated heterocycles. The molecule has 0 fully saturated rings. The summed E-state index contributed by atoms with van der Waals surface area (Å²) in [7, 11) is 0. The molecule has 0 aliphatic rings. The Labute approximate surface area is 165 Å². The molecule has 0 bridgehead atoms. The van der Waals surface area contributed by atoms with E-state index in [0.717, 1.165) is 9.99 Å². The Morgan fingerprint density at radius 3 is 2.65 bits per heavy atom. The number of amides is 1. The monoisotopic (exact) mass is 470 g/mol. The van der Waals surface area contributed by atoms with Crippen LogP contribution in [0, 0.1) is 13.7 Å². The number of nitro benzene ring substituents is 1. The fourth-order valence-corrected chi connectivity index (χ4v) is 2.96. The number of non-ortho nitro benzene ring substituents is 1. The molecule has 7 nitrogen and oxygen atoms in total. The summed E-state index contributed by atoms with van der Waals surface area (Å²) < 4.78 is 12.1. The second kappa shape index (κ2) is 9.37. The lowest BCUT2D eigenvalue weighted by atomic mass is 10.1. The standard InChI is InChI=1S/C18H19IN2O5/c1-3-8-26-17-15(19)9-12(10-16(17)25-4-2)18(22)20-13-6-5-7-14(11-13)21(23)24/h5-7,9-11H,3-4,8H2,1-2H3,(H,20,22). The van der Waals surface area contributed by atoms with Crippen molar-refractivity contribution in [1.82, 2.24) is 0 Å². The molecule has 138 valence electrons. The normalized spacial score (nSPS) is 10.3. The van der Waals surface area contributed by atoms with E-state index in [1.54, 1.807) is 18.2 Å². The van der Waals surface area contributed by atoms with Gasteiger partial charge in [0.05, 0.1) is 21.7 Å². The van der Waals surface area contributed by atoms with E-state index >= 15 is 0 Å². The van der Waals surface area contributed by atoms with Crippen LogP contribution in [0.5, 0.6) is 11.5 Å². The Morgan fingerprint density at radius 2 is 2.00 bits per heavy atom. The van der Waals surface area contributed by atoms with Crippen LogP contribution in [0.25, 0.3) is 0 Å². The molecule has 26 heavy (non-hydrogen) atoms. The van der Waals surface area contributed by atoms with Crippen LogP contribution in [0.15, 0.2) is 36.4 Å². The highest BCUT2D eigenvalue weighted by Gasteiger charge is 2.17. The molecule has 0 spiro atoms. The predicted molar refractivity (Wildman–Crippen MR) is 107 cm³/mol. The number of ether oxygens (including phenoxy) is 2. The Bertz CT molecular complexity index is 810. The third-order valence-electron chi connectivity index (χ3n) is 3.34. The van der Waals surface area contributed by atoms with Gasteiger partial charge >= 0.3 is 0 Å². The summed E-state index contributed by atoms with van der Waals surface area (Å²) in [5.74, 6) is 0.727. The van der Waals surface area contributed by atoms with E-state index in [1.165, 1.54) is 18.2 Å². The van der Waals surface area contributed by atoms with E-state index in [9.17, 15) is 14.9 Å². The zero-order valence-electron chi connectivity index (χ0n) is 14.5. The molecule has 0 radical (unpaired) electrons. The molecule has 0 aromatic heterocycles. The molecular formula is C18H19IN2O5. The maximum absolute atomic E-state index is 12.5. The van der Waals surface area contributed by atoms with Crippen LogP contribution >= 0.6 is 22.6 Å². The molecule has 8 heteroatoms. The zero-order chi connectivity index (χ0) is 19.1. The number of halogens is 1. The summed E-state index contributed by atoms with van der Waals surface area (Å²) in [6, 6.07) is 9.10. The van der Waals surface area contributed by atoms with Crippen molar-refractivity contribution in [3.63, 3.8) is 0 Å². The maximum Gasteiger partial charge on any atom is 0.271 e. The van der Waals surface area contributed by atoms with Gasteiger partial charge in [0.2, 0.25) is 0 Å². The molecule has 2 aromatic carbocycles. The first kappa shape index (κ1) is 20.0. The Balaban J connectivity index is 2.28. The average Bonchev–Trinajstić information content (AvgIpc) is 2.61. The maximum atomic E-state index is 12.5. The second-order valence-corrected chi connectivity index (χ2v) is 6.49. The minimum atomic E-state index is -0.508. The number of nitrogens with one attached hydrogen (secondary N) is 1. The van der Waals surface area contributed by atoms with Gasteiger partial charge in [-0.25, -0.2) is 0 Å². The van der Waals surface area contributed by atoms with Gasteiger partial charge in [-0.05, 0) is 54.1 Å². The largest absolute Gasteiger partial charge is 0.490 e. The zero-order valence-corrected chi connectivity index (χ0v) is 16.6. The summed E-state index contributed by atoms with van der Waals surface area (Å²) in [5, 5.41) is 13.5. The first-order valence-electron chi connectivity index (χ1n) is 8.11. The Hall–Kier alpha value is -2.36. The van der Waals surface area contributed by atoms with Crippen molar-refractivity contribution in [2.75, 3.05) is 18.5 Å². The summed E-state index contributed by atoms with van der Waals surface area (Å²) in [5.41, 5.74) is 0.646. The minimum Gasteiger partial charge on any atom is -0.490 e. The number of nitrogens with zero attached hydrogens (tertiary/aromatic N) is 1. The highest BCUT2D eigenvalue weighted by molar-refractivity contribution is 14.1. The number of hydrogen-bond acceptors (Lipinski definition) is 5. The van der Waals surface area contributed by atoms with Crippen LogP contribution in [0.1, 0.15) is 30.6 Å². The van der Waals surface area contributed by atoms with Crippen LogP contribution in [0.4, 0.5) is 11.4 Å². The van der Waals surface area contributed by atoms with Crippen LogP contribution in [0.3, 0.4) is 0 Å². The van der Waals surface area contributed by atoms with Crippen LogP contribution in [-0.2, 0) is 0 Å². The van der Waals surface area contributed by atoms with Gasteiger partial charge in [0, 0.05) is 23.4 Å². The van der Waals surface area contributed by atoms with Crippen molar-refractivity contribution in [2.24, 2.45) is 0 Å². The van der Waals surface area contributed by atoms with Gasteiger partial charge in [0.1, 0.15) is 0 Å². The summed E-state index contributed by atoms with van der Waals surface area (Å²) in [4.78, 5) is 22.9. The van der Waals surface area contributed by atoms with Gasteiger partial charge in [-0.15, -0.1) is 0 Å².